The van der Waals surface area contributed by atoms with E-state index in [4.69, 9.17) is 0 Å². The minimum atomic E-state index is -0.329. The average molecular weight is 288 g/mol. The summed E-state index contributed by atoms with van der Waals surface area (Å²) in [5, 5.41) is 4.21. The number of nitrogens with one attached hydrogen (secondary N) is 1. The summed E-state index contributed by atoms with van der Waals surface area (Å²) in [6, 6.07) is 8.94. The highest BCUT2D eigenvalue weighted by Gasteiger charge is 2.19. The maximum atomic E-state index is 11.4. The Bertz CT molecular complexity index is 624. The molecule has 0 radical (unpaired) electrons. The Balaban J connectivity index is 1.68. The smallest absolute Gasteiger partial charge is 0.349 e. The quantitative estimate of drug-likeness (QED) is 0.882. The zero-order valence-electron chi connectivity index (χ0n) is 11.3. The largest absolute Gasteiger partial charge is 0.465 e. The van der Waals surface area contributed by atoms with Gasteiger partial charge in [0.2, 0.25) is 0 Å². The molecular weight excluding hydrogens is 272 g/mol. The van der Waals surface area contributed by atoms with Crippen LogP contribution < -0.4 is 5.32 Å². The zero-order chi connectivity index (χ0) is 13.9. The van der Waals surface area contributed by atoms with Crippen molar-refractivity contribution < 1.29 is 9.53 Å². The fraction of sp³-hybridized carbons (Fsp3) is 0.333. The second kappa shape index (κ2) is 5.63. The monoisotopic (exact) mass is 288 g/mol. The number of aryl methyl sites for hydroxylation is 1. The van der Waals surface area contributed by atoms with Crippen molar-refractivity contribution >= 4 is 22.4 Å². The molecule has 1 atom stereocenters. The molecule has 0 fully saturated rings. The predicted octanol–water partition coefficient (Wildman–Crippen LogP) is 2.90. The Hall–Kier alpha value is -1.88. The molecule has 3 rings (SSSR count). The van der Waals surface area contributed by atoms with Crippen LogP contribution in [0.15, 0.2) is 30.5 Å². The average Bonchev–Trinajstić information content (AvgIpc) is 2.95. The number of hydrogen-bond acceptors (Lipinski definition) is 5. The summed E-state index contributed by atoms with van der Waals surface area (Å²) in [6.45, 7) is 0. The number of carbonyl (C=O) groups excluding carboxylic acids is 1. The molecule has 1 aromatic carbocycles. The third-order valence-electron chi connectivity index (χ3n) is 3.57. The Morgan fingerprint density at radius 2 is 2.20 bits per heavy atom. The third kappa shape index (κ3) is 2.67. The third-order valence-corrected chi connectivity index (χ3v) is 4.48. The first-order chi connectivity index (χ1) is 9.76. The fourth-order valence-corrected chi connectivity index (χ4v) is 3.34. The van der Waals surface area contributed by atoms with Gasteiger partial charge in [-0.2, -0.15) is 0 Å². The van der Waals surface area contributed by atoms with E-state index >= 15 is 0 Å². The minimum Gasteiger partial charge on any atom is -0.465 e. The summed E-state index contributed by atoms with van der Waals surface area (Å²) in [4.78, 5) is 16.2. The summed E-state index contributed by atoms with van der Waals surface area (Å²) in [6.07, 6.45) is 4.74. The predicted molar refractivity (Wildman–Crippen MR) is 79.3 cm³/mol. The van der Waals surface area contributed by atoms with Crippen LogP contribution in [0, 0.1) is 0 Å². The van der Waals surface area contributed by atoms with Crippen LogP contribution in [0.25, 0.3) is 0 Å². The van der Waals surface area contributed by atoms with Crippen molar-refractivity contribution in [2.75, 3.05) is 12.4 Å². The molecule has 20 heavy (non-hydrogen) atoms. The molecule has 0 aliphatic heterocycles. The van der Waals surface area contributed by atoms with Gasteiger partial charge in [-0.05, 0) is 30.4 Å². The van der Waals surface area contributed by atoms with Gasteiger partial charge in [0.15, 0.2) is 5.13 Å². The molecule has 1 aliphatic carbocycles. The van der Waals surface area contributed by atoms with Gasteiger partial charge in [-0.25, -0.2) is 9.78 Å². The number of anilines is 1. The van der Waals surface area contributed by atoms with Crippen molar-refractivity contribution in [3.63, 3.8) is 0 Å². The molecule has 0 bridgehead atoms. The second-order valence-corrected chi connectivity index (χ2v) is 5.90. The molecule has 1 aromatic heterocycles. The fourth-order valence-electron chi connectivity index (χ4n) is 2.53. The number of methoxy groups -OCH3 is 1. The van der Waals surface area contributed by atoms with E-state index < -0.39 is 0 Å². The Labute approximate surface area is 121 Å². The summed E-state index contributed by atoms with van der Waals surface area (Å²) >= 11 is 1.34. The molecule has 1 aliphatic rings. The normalized spacial score (nSPS) is 17.4. The van der Waals surface area contributed by atoms with Crippen molar-refractivity contribution in [2.45, 2.75) is 25.3 Å². The molecule has 0 saturated carbocycles. The lowest BCUT2D eigenvalue weighted by molar-refractivity contribution is 0.0606. The van der Waals surface area contributed by atoms with Crippen LogP contribution in [0.2, 0.25) is 0 Å². The summed E-state index contributed by atoms with van der Waals surface area (Å²) in [5.41, 5.74) is 2.85. The van der Waals surface area contributed by atoms with E-state index in [1.165, 1.54) is 29.6 Å². The zero-order valence-corrected chi connectivity index (χ0v) is 12.1. The Morgan fingerprint density at radius 1 is 1.40 bits per heavy atom. The number of thiazole rings is 1. The lowest BCUT2D eigenvalue weighted by Gasteiger charge is -2.25. The van der Waals surface area contributed by atoms with Gasteiger partial charge in [-0.1, -0.05) is 35.6 Å². The lowest BCUT2D eigenvalue weighted by Crippen LogP contribution is -2.27. The number of benzene rings is 1. The number of esters is 1. The van der Waals surface area contributed by atoms with E-state index in [1.54, 1.807) is 6.20 Å². The second-order valence-electron chi connectivity index (χ2n) is 4.87. The highest BCUT2D eigenvalue weighted by Crippen LogP contribution is 2.25. The Kier molecular flexibility index (Phi) is 3.69. The number of ether oxygens (including phenoxy) is 1. The number of rotatable bonds is 3. The van der Waals surface area contributed by atoms with Gasteiger partial charge in [0.05, 0.1) is 13.3 Å². The molecule has 104 valence electrons. The van der Waals surface area contributed by atoms with Crippen LogP contribution in [0.5, 0.6) is 0 Å². The van der Waals surface area contributed by atoms with E-state index in [9.17, 15) is 4.79 Å². The van der Waals surface area contributed by atoms with Crippen LogP contribution in [-0.2, 0) is 17.6 Å². The minimum absolute atomic E-state index is 0.329. The molecule has 0 saturated heterocycles. The van der Waals surface area contributed by atoms with Crippen molar-refractivity contribution in [3.8, 4) is 0 Å². The van der Waals surface area contributed by atoms with Crippen molar-refractivity contribution in [3.05, 3.63) is 46.5 Å². The number of fused-ring (bicyclic) bond motifs is 1. The first-order valence-electron chi connectivity index (χ1n) is 6.63. The summed E-state index contributed by atoms with van der Waals surface area (Å²) in [7, 11) is 1.38. The molecule has 2 aromatic rings. The van der Waals surface area contributed by atoms with Gasteiger partial charge in [0.1, 0.15) is 4.88 Å². The first kappa shape index (κ1) is 13.1. The number of aromatic nitrogens is 1. The maximum Gasteiger partial charge on any atom is 0.349 e. The molecule has 5 heteroatoms. The van der Waals surface area contributed by atoms with Crippen molar-refractivity contribution in [1.29, 1.82) is 0 Å². The van der Waals surface area contributed by atoms with Gasteiger partial charge >= 0.3 is 5.97 Å². The first-order valence-corrected chi connectivity index (χ1v) is 7.45. The number of carbonyl (C=O) groups is 1. The van der Waals surface area contributed by atoms with Gasteiger partial charge < -0.3 is 10.1 Å². The Morgan fingerprint density at radius 3 is 3.00 bits per heavy atom. The van der Waals surface area contributed by atoms with Crippen LogP contribution in [0.4, 0.5) is 5.13 Å². The molecule has 4 nitrogen and oxygen atoms in total. The van der Waals surface area contributed by atoms with E-state index in [0.29, 0.717) is 10.9 Å². The SMILES string of the molecule is COC(=O)c1cnc(NC2CCc3ccccc3C2)s1. The van der Waals surface area contributed by atoms with Crippen LogP contribution in [0.1, 0.15) is 27.2 Å². The lowest BCUT2D eigenvalue weighted by atomic mass is 9.88. The molecule has 0 spiro atoms. The highest BCUT2D eigenvalue weighted by molar-refractivity contribution is 7.17. The van der Waals surface area contributed by atoms with Crippen molar-refractivity contribution in [1.82, 2.24) is 4.98 Å². The van der Waals surface area contributed by atoms with E-state index in [2.05, 4.69) is 39.3 Å². The van der Waals surface area contributed by atoms with E-state index in [1.807, 2.05) is 0 Å². The van der Waals surface area contributed by atoms with Gasteiger partial charge in [-0.15, -0.1) is 0 Å². The topological polar surface area (TPSA) is 51.2 Å². The van der Waals surface area contributed by atoms with Crippen LogP contribution >= 0.6 is 11.3 Å². The van der Waals surface area contributed by atoms with Gasteiger partial charge in [0.25, 0.3) is 0 Å². The molecule has 0 amide bonds. The summed E-state index contributed by atoms with van der Waals surface area (Å²) in [5.74, 6) is -0.329. The molecular formula is C15H16N2O2S. The van der Waals surface area contributed by atoms with Crippen molar-refractivity contribution in [2.24, 2.45) is 0 Å². The molecule has 1 heterocycles. The van der Waals surface area contributed by atoms with Gasteiger partial charge in [-0.3, -0.25) is 0 Å². The molecule has 1 N–H and O–H groups in total. The number of nitrogens with zero attached hydrogens (tertiary/aromatic N) is 1. The van der Waals surface area contributed by atoms with E-state index in [0.717, 1.165) is 24.4 Å². The van der Waals surface area contributed by atoms with Gasteiger partial charge in [0, 0.05) is 6.04 Å². The highest BCUT2D eigenvalue weighted by atomic mass is 32.1. The molecule has 1 unspecified atom stereocenters. The van der Waals surface area contributed by atoms with Crippen LogP contribution in [-0.4, -0.2) is 24.1 Å². The van der Waals surface area contributed by atoms with E-state index in [-0.39, 0.29) is 5.97 Å². The number of hydrogen-bond donors (Lipinski definition) is 1. The summed E-state index contributed by atoms with van der Waals surface area (Å²) < 4.78 is 4.69. The maximum absolute atomic E-state index is 11.4. The van der Waals surface area contributed by atoms with Crippen LogP contribution in [0.3, 0.4) is 0 Å². The standard InChI is InChI=1S/C15H16N2O2S/c1-19-14(18)13-9-16-15(20-13)17-12-7-6-10-4-2-3-5-11(10)8-12/h2-5,9,12H,6-8H2,1H3,(H,16,17).